The van der Waals surface area contributed by atoms with Crippen molar-refractivity contribution in [3.8, 4) is 5.75 Å². The van der Waals surface area contributed by atoms with Gasteiger partial charge >= 0.3 is 0 Å². The average molecular weight is 274 g/mol. The minimum absolute atomic E-state index is 0.262. The Morgan fingerprint density at radius 3 is 2.90 bits per heavy atom. The van der Waals surface area contributed by atoms with Gasteiger partial charge in [-0.25, -0.2) is 0 Å². The van der Waals surface area contributed by atoms with E-state index in [2.05, 4.69) is 16.4 Å². The minimum Gasteiger partial charge on any atom is -0.494 e. The van der Waals surface area contributed by atoms with Gasteiger partial charge in [0, 0.05) is 18.5 Å². The van der Waals surface area contributed by atoms with Gasteiger partial charge in [-0.3, -0.25) is 4.98 Å². The lowest BCUT2D eigenvalue weighted by Gasteiger charge is -2.07. The molecule has 2 aromatic rings. The van der Waals surface area contributed by atoms with Gasteiger partial charge in [-0.05, 0) is 50.6 Å². The number of hydrogen-bond donors (Lipinski definition) is 2. The van der Waals surface area contributed by atoms with Crippen molar-refractivity contribution in [2.24, 2.45) is 0 Å². The van der Waals surface area contributed by atoms with Crippen LogP contribution in [-0.2, 0) is 6.54 Å². The molecule has 0 unspecified atom stereocenters. The van der Waals surface area contributed by atoms with Crippen molar-refractivity contribution in [1.82, 2.24) is 10.3 Å². The quantitative estimate of drug-likeness (QED) is 0.726. The third kappa shape index (κ3) is 4.18. The van der Waals surface area contributed by atoms with Crippen molar-refractivity contribution in [2.75, 3.05) is 19.8 Å². The van der Waals surface area contributed by atoms with E-state index < -0.39 is 0 Å². The van der Waals surface area contributed by atoms with Crippen LogP contribution in [-0.4, -0.2) is 29.8 Å². The molecule has 1 aromatic heterocycles. The van der Waals surface area contributed by atoms with Gasteiger partial charge in [0.2, 0.25) is 0 Å². The lowest BCUT2D eigenvalue weighted by molar-refractivity contribution is 0.283. The Balaban J connectivity index is 1.97. The number of nitrogens with one attached hydrogen (secondary N) is 1. The van der Waals surface area contributed by atoms with Crippen LogP contribution in [0.15, 0.2) is 30.3 Å². The largest absolute Gasteiger partial charge is 0.494 e. The number of pyridine rings is 1. The Bertz CT molecular complexity index is 543. The molecule has 0 aliphatic heterocycles. The molecule has 0 radical (unpaired) electrons. The fourth-order valence-electron chi connectivity index (χ4n) is 2.08. The van der Waals surface area contributed by atoms with E-state index in [1.807, 2.05) is 31.2 Å². The zero-order valence-corrected chi connectivity index (χ0v) is 11.9. The van der Waals surface area contributed by atoms with Crippen LogP contribution in [0.1, 0.15) is 25.5 Å². The number of aliphatic hydroxyl groups is 1. The second-order valence-corrected chi connectivity index (χ2v) is 4.70. The van der Waals surface area contributed by atoms with Gasteiger partial charge in [0.1, 0.15) is 5.75 Å². The van der Waals surface area contributed by atoms with Crippen molar-refractivity contribution in [3.63, 3.8) is 0 Å². The standard InChI is InChI=1S/C16H22N2O2/c1-2-20-15-7-8-16-13(11-15)5-6-14(18-16)12-17-9-3-4-10-19/h5-8,11,17,19H,2-4,9-10,12H2,1H3. The number of aromatic nitrogens is 1. The first-order chi connectivity index (χ1) is 9.83. The molecule has 108 valence electrons. The van der Waals surface area contributed by atoms with E-state index in [0.29, 0.717) is 6.61 Å². The van der Waals surface area contributed by atoms with Crippen molar-refractivity contribution in [3.05, 3.63) is 36.0 Å². The highest BCUT2D eigenvalue weighted by atomic mass is 16.5. The number of hydrogen-bond acceptors (Lipinski definition) is 4. The lowest BCUT2D eigenvalue weighted by Crippen LogP contribution is -2.15. The SMILES string of the molecule is CCOc1ccc2nc(CNCCCCO)ccc2c1. The first-order valence-electron chi connectivity index (χ1n) is 7.17. The molecule has 0 spiro atoms. The summed E-state index contributed by atoms with van der Waals surface area (Å²) in [5.74, 6) is 0.886. The molecular weight excluding hydrogens is 252 g/mol. The van der Waals surface area contributed by atoms with Gasteiger partial charge in [0.25, 0.3) is 0 Å². The monoisotopic (exact) mass is 274 g/mol. The van der Waals surface area contributed by atoms with Crippen LogP contribution >= 0.6 is 0 Å². The first-order valence-corrected chi connectivity index (χ1v) is 7.17. The van der Waals surface area contributed by atoms with Crippen LogP contribution in [0.5, 0.6) is 5.75 Å². The topological polar surface area (TPSA) is 54.4 Å². The Morgan fingerprint density at radius 2 is 2.10 bits per heavy atom. The van der Waals surface area contributed by atoms with Gasteiger partial charge in [-0.2, -0.15) is 0 Å². The Morgan fingerprint density at radius 1 is 1.20 bits per heavy atom. The van der Waals surface area contributed by atoms with E-state index in [4.69, 9.17) is 9.84 Å². The summed E-state index contributed by atoms with van der Waals surface area (Å²) in [5.41, 5.74) is 2.02. The van der Waals surface area contributed by atoms with Crippen LogP contribution in [0.25, 0.3) is 10.9 Å². The van der Waals surface area contributed by atoms with Gasteiger partial charge < -0.3 is 15.2 Å². The summed E-state index contributed by atoms with van der Waals surface area (Å²) in [6, 6.07) is 10.1. The predicted molar refractivity (Wildman–Crippen MR) is 80.9 cm³/mol. The summed E-state index contributed by atoms with van der Waals surface area (Å²) in [7, 11) is 0. The zero-order valence-electron chi connectivity index (χ0n) is 11.9. The maximum absolute atomic E-state index is 8.71. The number of benzene rings is 1. The molecule has 0 fully saturated rings. The van der Waals surface area contributed by atoms with E-state index in [9.17, 15) is 0 Å². The highest BCUT2D eigenvalue weighted by molar-refractivity contribution is 5.80. The number of fused-ring (bicyclic) bond motifs is 1. The van der Waals surface area contributed by atoms with Crippen molar-refractivity contribution in [1.29, 1.82) is 0 Å². The molecular formula is C16H22N2O2. The summed E-state index contributed by atoms with van der Waals surface area (Å²) in [4.78, 5) is 4.63. The Labute approximate surface area is 119 Å². The van der Waals surface area contributed by atoms with Crippen molar-refractivity contribution in [2.45, 2.75) is 26.3 Å². The third-order valence-electron chi connectivity index (χ3n) is 3.10. The summed E-state index contributed by atoms with van der Waals surface area (Å²) in [6.07, 6.45) is 1.83. The smallest absolute Gasteiger partial charge is 0.120 e. The van der Waals surface area contributed by atoms with Crippen molar-refractivity contribution >= 4 is 10.9 Å². The molecule has 0 amide bonds. The van der Waals surface area contributed by atoms with Gasteiger partial charge in [-0.1, -0.05) is 6.07 Å². The zero-order chi connectivity index (χ0) is 14.2. The van der Waals surface area contributed by atoms with E-state index in [1.165, 1.54) is 0 Å². The van der Waals surface area contributed by atoms with E-state index >= 15 is 0 Å². The van der Waals surface area contributed by atoms with Crippen LogP contribution in [0.2, 0.25) is 0 Å². The maximum atomic E-state index is 8.71. The molecule has 2 rings (SSSR count). The average Bonchev–Trinajstić information content (AvgIpc) is 2.47. The van der Waals surface area contributed by atoms with Crippen molar-refractivity contribution < 1.29 is 9.84 Å². The lowest BCUT2D eigenvalue weighted by atomic mass is 10.2. The number of unbranched alkanes of at least 4 members (excludes halogenated alkanes) is 1. The van der Waals surface area contributed by atoms with E-state index in [0.717, 1.165) is 48.3 Å². The molecule has 0 bridgehead atoms. The van der Waals surface area contributed by atoms with E-state index in [-0.39, 0.29) is 6.61 Å². The van der Waals surface area contributed by atoms with Gasteiger partial charge in [0.15, 0.2) is 0 Å². The molecule has 0 atom stereocenters. The molecule has 0 aliphatic carbocycles. The highest BCUT2D eigenvalue weighted by Gasteiger charge is 2.00. The summed E-state index contributed by atoms with van der Waals surface area (Å²) in [5, 5.41) is 13.1. The maximum Gasteiger partial charge on any atom is 0.120 e. The molecule has 20 heavy (non-hydrogen) atoms. The van der Waals surface area contributed by atoms with Gasteiger partial charge in [0.05, 0.1) is 17.8 Å². The molecule has 0 saturated carbocycles. The second kappa shape index (κ2) is 7.82. The summed E-state index contributed by atoms with van der Waals surface area (Å²) < 4.78 is 5.49. The fourth-order valence-corrected chi connectivity index (χ4v) is 2.08. The minimum atomic E-state index is 0.262. The molecule has 2 N–H and O–H groups in total. The summed E-state index contributed by atoms with van der Waals surface area (Å²) in [6.45, 7) is 4.58. The fraction of sp³-hybridized carbons (Fsp3) is 0.438. The van der Waals surface area contributed by atoms with Crippen LogP contribution in [0.4, 0.5) is 0 Å². The number of aliphatic hydroxyl groups excluding tert-OH is 1. The third-order valence-corrected chi connectivity index (χ3v) is 3.10. The Kier molecular flexibility index (Phi) is 5.77. The molecule has 1 aromatic carbocycles. The van der Waals surface area contributed by atoms with Crippen LogP contribution in [0.3, 0.4) is 0 Å². The van der Waals surface area contributed by atoms with Crippen LogP contribution in [0, 0.1) is 0 Å². The van der Waals surface area contributed by atoms with Gasteiger partial charge in [-0.15, -0.1) is 0 Å². The number of ether oxygens (including phenoxy) is 1. The second-order valence-electron chi connectivity index (χ2n) is 4.70. The molecule has 4 nitrogen and oxygen atoms in total. The molecule has 4 heteroatoms. The number of nitrogens with zero attached hydrogens (tertiary/aromatic N) is 1. The molecule has 0 saturated heterocycles. The first kappa shape index (κ1) is 14.8. The Hall–Kier alpha value is -1.65. The van der Waals surface area contributed by atoms with E-state index in [1.54, 1.807) is 0 Å². The normalized spacial score (nSPS) is 10.9. The number of rotatable bonds is 8. The molecule has 0 aliphatic rings. The van der Waals surface area contributed by atoms with Crippen LogP contribution < -0.4 is 10.1 Å². The molecule has 1 heterocycles. The predicted octanol–water partition coefficient (Wildman–Crippen LogP) is 2.50. The summed E-state index contributed by atoms with van der Waals surface area (Å²) >= 11 is 0. The highest BCUT2D eigenvalue weighted by Crippen LogP contribution is 2.19.